The van der Waals surface area contributed by atoms with E-state index in [0.29, 0.717) is 18.8 Å². The van der Waals surface area contributed by atoms with Crippen LogP contribution in [0.15, 0.2) is 12.7 Å². The van der Waals surface area contributed by atoms with Crippen molar-refractivity contribution in [1.82, 2.24) is 34.5 Å². The number of nitrogens with zero attached hydrogens (tertiary/aromatic N) is 6. The second-order valence-corrected chi connectivity index (χ2v) is 8.29. The summed E-state index contributed by atoms with van der Waals surface area (Å²) in [5, 5.41) is 6.72. The van der Waals surface area contributed by atoms with Gasteiger partial charge < -0.3 is 14.4 Å². The molecule has 1 amide bonds. The van der Waals surface area contributed by atoms with Crippen LogP contribution >= 0.6 is 0 Å². The molecule has 1 saturated heterocycles. The van der Waals surface area contributed by atoms with Gasteiger partial charge in [-0.3, -0.25) is 9.89 Å². The minimum atomic E-state index is -0.289. The molecule has 27 heavy (non-hydrogen) atoms. The fourth-order valence-electron chi connectivity index (χ4n) is 4.73. The van der Waals surface area contributed by atoms with Gasteiger partial charge in [-0.1, -0.05) is 13.8 Å². The lowest BCUT2D eigenvalue weighted by molar-refractivity contribution is -0.138. The van der Waals surface area contributed by atoms with Gasteiger partial charge in [0.25, 0.3) is 0 Å². The van der Waals surface area contributed by atoms with Crippen molar-refractivity contribution in [2.75, 3.05) is 26.2 Å². The number of imidazole rings is 1. The molecule has 0 radical (unpaired) electrons. The van der Waals surface area contributed by atoms with Crippen LogP contribution in [0.5, 0.6) is 0 Å². The number of hydrogen-bond acceptors (Lipinski definition) is 5. The molecule has 2 aliphatic rings. The van der Waals surface area contributed by atoms with Gasteiger partial charge in [-0.05, 0) is 12.3 Å². The average Bonchev–Trinajstić information content (AvgIpc) is 3.35. The van der Waals surface area contributed by atoms with Crippen LogP contribution in [0, 0.1) is 5.92 Å². The number of carbonyl (C=O) groups is 1. The van der Waals surface area contributed by atoms with Gasteiger partial charge in [-0.15, -0.1) is 0 Å². The number of H-pyrrole nitrogens is 1. The molecule has 4 heterocycles. The lowest BCUT2D eigenvalue weighted by Gasteiger charge is -2.44. The zero-order valence-electron chi connectivity index (χ0n) is 16.5. The van der Waals surface area contributed by atoms with Crippen molar-refractivity contribution < 1.29 is 4.79 Å². The van der Waals surface area contributed by atoms with Crippen molar-refractivity contribution in [2.45, 2.75) is 45.1 Å². The molecule has 1 spiro atoms. The summed E-state index contributed by atoms with van der Waals surface area (Å²) in [5.41, 5.74) is 2.10. The van der Waals surface area contributed by atoms with Crippen molar-refractivity contribution in [1.29, 1.82) is 0 Å². The molecule has 2 aromatic rings. The number of aromatic amines is 1. The van der Waals surface area contributed by atoms with Crippen LogP contribution in [0.2, 0.25) is 0 Å². The van der Waals surface area contributed by atoms with Crippen LogP contribution in [0.3, 0.4) is 0 Å². The Balaban J connectivity index is 1.59. The Kier molecular flexibility index (Phi) is 4.75. The van der Waals surface area contributed by atoms with Crippen molar-refractivity contribution in [3.63, 3.8) is 0 Å². The van der Waals surface area contributed by atoms with Crippen LogP contribution in [0.1, 0.15) is 43.9 Å². The molecule has 1 atom stereocenters. The standard InChI is InChI=1S/C19H29N7O/c1-14(2)10-25-9-7-19(11-25)18-15(24(3)13-21-18)6-8-26(19)17(27)5-4-16-20-12-22-23-16/h12-14H,4-11H2,1-3H3,(H,20,22,23). The number of fused-ring (bicyclic) bond motifs is 2. The molecule has 146 valence electrons. The Morgan fingerprint density at radius 2 is 2.19 bits per heavy atom. The van der Waals surface area contributed by atoms with Crippen LogP contribution < -0.4 is 0 Å². The van der Waals surface area contributed by atoms with Crippen LogP contribution in [0.4, 0.5) is 0 Å². The predicted octanol–water partition coefficient (Wildman–Crippen LogP) is 1.11. The minimum absolute atomic E-state index is 0.189. The van der Waals surface area contributed by atoms with Gasteiger partial charge in [0.2, 0.25) is 5.91 Å². The highest BCUT2D eigenvalue weighted by Gasteiger charge is 2.51. The molecule has 0 saturated carbocycles. The van der Waals surface area contributed by atoms with E-state index >= 15 is 0 Å². The Morgan fingerprint density at radius 3 is 2.93 bits per heavy atom. The van der Waals surface area contributed by atoms with E-state index in [-0.39, 0.29) is 11.4 Å². The third-order valence-corrected chi connectivity index (χ3v) is 5.88. The maximum absolute atomic E-state index is 13.2. The van der Waals surface area contributed by atoms with E-state index in [1.165, 1.54) is 12.0 Å². The van der Waals surface area contributed by atoms with E-state index in [9.17, 15) is 4.79 Å². The summed E-state index contributed by atoms with van der Waals surface area (Å²) >= 11 is 0. The van der Waals surface area contributed by atoms with Crippen molar-refractivity contribution in [3.05, 3.63) is 29.9 Å². The van der Waals surface area contributed by atoms with E-state index in [1.807, 2.05) is 6.33 Å². The number of likely N-dealkylation sites (tertiary alicyclic amines) is 1. The molecule has 1 N–H and O–H groups in total. The molecular weight excluding hydrogens is 342 g/mol. The fourth-order valence-corrected chi connectivity index (χ4v) is 4.73. The van der Waals surface area contributed by atoms with Gasteiger partial charge in [0.1, 0.15) is 17.7 Å². The molecule has 0 aromatic carbocycles. The van der Waals surface area contributed by atoms with Crippen LogP contribution in [0.25, 0.3) is 0 Å². The second-order valence-electron chi connectivity index (χ2n) is 8.29. The van der Waals surface area contributed by atoms with E-state index < -0.39 is 0 Å². The van der Waals surface area contributed by atoms with Crippen molar-refractivity contribution >= 4 is 5.91 Å². The Morgan fingerprint density at radius 1 is 1.33 bits per heavy atom. The summed E-state index contributed by atoms with van der Waals surface area (Å²) in [6, 6.07) is 0. The van der Waals surface area contributed by atoms with Gasteiger partial charge in [-0.2, -0.15) is 5.10 Å². The molecule has 0 aliphatic carbocycles. The second kappa shape index (κ2) is 7.07. The summed E-state index contributed by atoms with van der Waals surface area (Å²) in [7, 11) is 2.06. The van der Waals surface area contributed by atoms with Crippen molar-refractivity contribution in [2.24, 2.45) is 13.0 Å². The third-order valence-electron chi connectivity index (χ3n) is 5.88. The summed E-state index contributed by atoms with van der Waals surface area (Å²) in [4.78, 5) is 26.7. The Bertz CT molecular complexity index is 797. The molecule has 0 bridgehead atoms. The number of aryl methyl sites for hydroxylation is 2. The number of amides is 1. The Hall–Kier alpha value is -2.22. The molecule has 8 heteroatoms. The van der Waals surface area contributed by atoms with Crippen LogP contribution in [-0.4, -0.2) is 66.6 Å². The first-order valence-corrected chi connectivity index (χ1v) is 9.87. The lowest BCUT2D eigenvalue weighted by Crippen LogP contribution is -2.55. The van der Waals surface area contributed by atoms with Crippen LogP contribution in [-0.2, 0) is 30.2 Å². The highest BCUT2D eigenvalue weighted by molar-refractivity contribution is 5.78. The van der Waals surface area contributed by atoms with Crippen molar-refractivity contribution in [3.8, 4) is 0 Å². The number of nitrogens with one attached hydrogen (secondary N) is 1. The molecule has 4 rings (SSSR count). The molecule has 2 aromatic heterocycles. The summed E-state index contributed by atoms with van der Waals surface area (Å²) < 4.78 is 2.12. The van der Waals surface area contributed by atoms with Gasteiger partial charge in [0.05, 0.1) is 12.0 Å². The summed E-state index contributed by atoms with van der Waals surface area (Å²) in [6.45, 7) is 8.21. The fraction of sp³-hybridized carbons (Fsp3) is 0.684. The summed E-state index contributed by atoms with van der Waals surface area (Å²) in [6.07, 6.45) is 6.26. The molecule has 2 aliphatic heterocycles. The first-order valence-electron chi connectivity index (χ1n) is 9.87. The zero-order valence-corrected chi connectivity index (χ0v) is 16.5. The topological polar surface area (TPSA) is 82.9 Å². The molecule has 1 fully saturated rings. The number of carbonyl (C=O) groups excluding carboxylic acids is 1. The number of rotatable bonds is 5. The highest BCUT2D eigenvalue weighted by Crippen LogP contribution is 2.42. The average molecular weight is 371 g/mol. The van der Waals surface area contributed by atoms with Gasteiger partial charge in [-0.25, -0.2) is 9.97 Å². The maximum Gasteiger partial charge on any atom is 0.223 e. The summed E-state index contributed by atoms with van der Waals surface area (Å²) in [5.74, 6) is 1.57. The van der Waals surface area contributed by atoms with E-state index in [0.717, 1.165) is 50.5 Å². The molecular formula is C19H29N7O. The third kappa shape index (κ3) is 3.26. The largest absolute Gasteiger partial charge is 0.337 e. The first-order chi connectivity index (χ1) is 13.0. The SMILES string of the molecule is CC(C)CN1CCC2(C1)c1ncn(C)c1CCN2C(=O)CCc1ncn[nH]1. The smallest absolute Gasteiger partial charge is 0.223 e. The van der Waals surface area contributed by atoms with E-state index in [2.05, 4.69) is 50.4 Å². The van der Waals surface area contributed by atoms with E-state index in [1.54, 1.807) is 0 Å². The number of hydrogen-bond donors (Lipinski definition) is 1. The predicted molar refractivity (Wildman–Crippen MR) is 101 cm³/mol. The van der Waals surface area contributed by atoms with Gasteiger partial charge in [0.15, 0.2) is 0 Å². The highest BCUT2D eigenvalue weighted by atomic mass is 16.2. The van der Waals surface area contributed by atoms with Gasteiger partial charge in [0, 0.05) is 58.2 Å². The first kappa shape index (κ1) is 18.2. The molecule has 8 nitrogen and oxygen atoms in total. The Labute approximate surface area is 160 Å². The minimum Gasteiger partial charge on any atom is -0.337 e. The normalized spacial score (nSPS) is 22.7. The quantitative estimate of drug-likeness (QED) is 0.851. The molecule has 1 unspecified atom stereocenters. The maximum atomic E-state index is 13.2. The number of aromatic nitrogens is 5. The van der Waals surface area contributed by atoms with Gasteiger partial charge >= 0.3 is 0 Å². The van der Waals surface area contributed by atoms with E-state index in [4.69, 9.17) is 4.98 Å². The zero-order chi connectivity index (χ0) is 19.0. The monoisotopic (exact) mass is 371 g/mol. The lowest BCUT2D eigenvalue weighted by atomic mass is 9.85.